The monoisotopic (exact) mass is 473 g/mol. The number of anilines is 1. The van der Waals surface area contributed by atoms with Crippen LogP contribution in [0, 0.1) is 0 Å². The second kappa shape index (κ2) is 8.11. The van der Waals surface area contributed by atoms with E-state index in [1.807, 2.05) is 65.9 Å². The number of amides is 1. The second-order valence-corrected chi connectivity index (χ2v) is 10.9. The number of fused-ring (bicyclic) bond motifs is 2. The van der Waals surface area contributed by atoms with Gasteiger partial charge in [-0.15, -0.1) is 0 Å². The number of ether oxygens (including phenoxy) is 6. The number of benzene rings is 1. The van der Waals surface area contributed by atoms with Crippen molar-refractivity contribution >= 4 is 11.6 Å². The highest BCUT2D eigenvalue weighted by molar-refractivity contribution is 6.07. The van der Waals surface area contributed by atoms with Crippen LogP contribution in [0.1, 0.15) is 46.6 Å². The topological polar surface area (TPSA) is 75.7 Å². The second-order valence-electron chi connectivity index (χ2n) is 10.9. The standard InChI is InChI=1S/C26H35NO7/c1-15(12-26(6)16-10-8-9-11-17(16)27(7)23(26)28)13-29-20-19(18-14-30-24(2,3)32-18)31-22-21(20)33-25(4,5)34-22/h8-11,18-22H,1,12-14H2,2-7H3/t18?,19-,20+,21-,22-,26?/m1/s1. The summed E-state index contributed by atoms with van der Waals surface area (Å²) in [5, 5.41) is 0. The van der Waals surface area contributed by atoms with Gasteiger partial charge in [-0.1, -0.05) is 30.4 Å². The molecule has 186 valence electrons. The molecule has 0 bridgehead atoms. The molecule has 0 spiro atoms. The third-order valence-electron chi connectivity index (χ3n) is 7.14. The quantitative estimate of drug-likeness (QED) is 0.587. The first-order valence-electron chi connectivity index (χ1n) is 11.9. The molecule has 1 aromatic carbocycles. The van der Waals surface area contributed by atoms with Crippen molar-refractivity contribution in [2.75, 3.05) is 25.2 Å². The van der Waals surface area contributed by atoms with Crippen LogP contribution in [-0.4, -0.2) is 68.4 Å². The van der Waals surface area contributed by atoms with Gasteiger partial charge in [-0.25, -0.2) is 0 Å². The van der Waals surface area contributed by atoms with Gasteiger partial charge in [0.05, 0.1) is 18.6 Å². The summed E-state index contributed by atoms with van der Waals surface area (Å²) in [4.78, 5) is 14.9. The molecule has 3 saturated heterocycles. The molecule has 0 aliphatic carbocycles. The lowest BCUT2D eigenvalue weighted by atomic mass is 9.78. The first kappa shape index (κ1) is 23.9. The van der Waals surface area contributed by atoms with E-state index in [0.717, 1.165) is 16.8 Å². The zero-order valence-corrected chi connectivity index (χ0v) is 20.8. The Balaban J connectivity index is 1.29. The van der Waals surface area contributed by atoms with Crippen molar-refractivity contribution in [3.05, 3.63) is 42.0 Å². The number of likely N-dealkylation sites (N-methyl/N-ethyl adjacent to an activating group) is 1. The van der Waals surface area contributed by atoms with Crippen LogP contribution in [0.15, 0.2) is 36.4 Å². The molecule has 1 amide bonds. The van der Waals surface area contributed by atoms with Crippen LogP contribution in [0.4, 0.5) is 5.69 Å². The van der Waals surface area contributed by atoms with E-state index in [1.165, 1.54) is 0 Å². The lowest BCUT2D eigenvalue weighted by Crippen LogP contribution is -2.44. The number of rotatable bonds is 6. The molecule has 0 N–H and O–H groups in total. The van der Waals surface area contributed by atoms with Crippen LogP contribution in [0.3, 0.4) is 0 Å². The molecule has 34 heavy (non-hydrogen) atoms. The maximum Gasteiger partial charge on any atom is 0.237 e. The molecule has 4 aliphatic heterocycles. The Labute approximate surface area is 201 Å². The van der Waals surface area contributed by atoms with Crippen molar-refractivity contribution in [2.24, 2.45) is 0 Å². The Morgan fingerprint density at radius 2 is 1.82 bits per heavy atom. The average molecular weight is 474 g/mol. The highest BCUT2D eigenvalue weighted by Gasteiger charge is 2.59. The molecule has 4 aliphatic rings. The molecule has 4 heterocycles. The van der Waals surface area contributed by atoms with Crippen molar-refractivity contribution in [3.63, 3.8) is 0 Å². The summed E-state index contributed by atoms with van der Waals surface area (Å²) in [6.45, 7) is 14.4. The zero-order chi connectivity index (χ0) is 24.5. The van der Waals surface area contributed by atoms with Gasteiger partial charge in [0.2, 0.25) is 5.91 Å². The summed E-state index contributed by atoms with van der Waals surface area (Å²) in [5.41, 5.74) is 2.10. The maximum absolute atomic E-state index is 13.1. The fourth-order valence-corrected chi connectivity index (χ4v) is 5.63. The molecule has 5 rings (SSSR count). The summed E-state index contributed by atoms with van der Waals surface area (Å²) < 4.78 is 36.5. The Morgan fingerprint density at radius 3 is 2.53 bits per heavy atom. The Morgan fingerprint density at radius 1 is 1.09 bits per heavy atom. The van der Waals surface area contributed by atoms with E-state index in [4.69, 9.17) is 28.4 Å². The fraction of sp³-hybridized carbons (Fsp3) is 0.654. The van der Waals surface area contributed by atoms with E-state index in [-0.39, 0.29) is 18.6 Å². The SMILES string of the molecule is C=C(CO[C@@H]1[C@H]2OC(C)(C)O[C@H]2O[C@@H]1C1COC(C)(C)O1)CC1(C)C(=O)N(C)c2ccccc21. The predicted molar refractivity (Wildman–Crippen MR) is 124 cm³/mol. The van der Waals surface area contributed by atoms with Crippen LogP contribution in [-0.2, 0) is 38.6 Å². The molecule has 0 radical (unpaired) electrons. The highest BCUT2D eigenvalue weighted by atomic mass is 16.8. The van der Waals surface area contributed by atoms with E-state index in [9.17, 15) is 4.79 Å². The number of carbonyl (C=O) groups is 1. The van der Waals surface area contributed by atoms with Gasteiger partial charge in [-0.2, -0.15) is 0 Å². The van der Waals surface area contributed by atoms with Crippen molar-refractivity contribution in [1.82, 2.24) is 0 Å². The van der Waals surface area contributed by atoms with Crippen molar-refractivity contribution in [2.45, 2.75) is 88.7 Å². The largest absolute Gasteiger partial charge is 0.368 e. The number of hydrogen-bond acceptors (Lipinski definition) is 7. The summed E-state index contributed by atoms with van der Waals surface area (Å²) in [7, 11) is 1.82. The molecule has 0 saturated carbocycles. The Bertz CT molecular complexity index is 991. The Hall–Kier alpha value is -1.81. The first-order valence-corrected chi connectivity index (χ1v) is 11.9. The third-order valence-corrected chi connectivity index (χ3v) is 7.14. The smallest absolute Gasteiger partial charge is 0.237 e. The fourth-order valence-electron chi connectivity index (χ4n) is 5.63. The van der Waals surface area contributed by atoms with Gasteiger partial charge in [0.25, 0.3) is 0 Å². The number of hydrogen-bond donors (Lipinski definition) is 0. The average Bonchev–Trinajstić information content (AvgIpc) is 3.43. The summed E-state index contributed by atoms with van der Waals surface area (Å²) in [6, 6.07) is 7.90. The van der Waals surface area contributed by atoms with Crippen LogP contribution in [0.5, 0.6) is 0 Å². The molecule has 2 unspecified atom stereocenters. The van der Waals surface area contributed by atoms with E-state index in [1.54, 1.807) is 4.90 Å². The van der Waals surface area contributed by atoms with Crippen molar-refractivity contribution in [3.8, 4) is 0 Å². The lowest BCUT2D eigenvalue weighted by molar-refractivity contribution is -0.235. The van der Waals surface area contributed by atoms with Crippen LogP contribution < -0.4 is 4.90 Å². The Kier molecular flexibility index (Phi) is 5.71. The molecular formula is C26H35NO7. The van der Waals surface area contributed by atoms with Gasteiger partial charge in [-0.05, 0) is 52.7 Å². The van der Waals surface area contributed by atoms with Crippen LogP contribution in [0.25, 0.3) is 0 Å². The predicted octanol–water partition coefficient (Wildman–Crippen LogP) is 3.28. The summed E-state index contributed by atoms with van der Waals surface area (Å²) in [5.74, 6) is -1.38. The molecule has 8 heteroatoms. The molecule has 1 aromatic rings. The minimum atomic E-state index is -0.761. The molecule has 0 aromatic heterocycles. The van der Waals surface area contributed by atoms with Crippen molar-refractivity contribution < 1.29 is 33.2 Å². The van der Waals surface area contributed by atoms with Gasteiger partial charge >= 0.3 is 0 Å². The van der Waals surface area contributed by atoms with Crippen molar-refractivity contribution in [1.29, 1.82) is 0 Å². The normalized spacial score (nSPS) is 37.8. The number of para-hydroxylation sites is 1. The van der Waals surface area contributed by atoms with Gasteiger partial charge in [0.15, 0.2) is 17.9 Å². The third kappa shape index (κ3) is 4.00. The van der Waals surface area contributed by atoms with Gasteiger partial charge in [0.1, 0.15) is 24.4 Å². The summed E-state index contributed by atoms with van der Waals surface area (Å²) in [6.07, 6.45) is -1.58. The number of carbonyl (C=O) groups excluding carboxylic acids is 1. The van der Waals surface area contributed by atoms with Gasteiger partial charge in [0, 0.05) is 12.7 Å². The molecule has 3 fully saturated rings. The van der Waals surface area contributed by atoms with Crippen LogP contribution in [0.2, 0.25) is 0 Å². The van der Waals surface area contributed by atoms with Gasteiger partial charge in [-0.3, -0.25) is 4.79 Å². The minimum Gasteiger partial charge on any atom is -0.368 e. The maximum atomic E-state index is 13.1. The van der Waals surface area contributed by atoms with E-state index in [0.29, 0.717) is 13.0 Å². The van der Waals surface area contributed by atoms with Crippen LogP contribution >= 0.6 is 0 Å². The summed E-state index contributed by atoms with van der Waals surface area (Å²) >= 11 is 0. The zero-order valence-electron chi connectivity index (χ0n) is 20.8. The lowest BCUT2D eigenvalue weighted by Gasteiger charge is -2.30. The van der Waals surface area contributed by atoms with E-state index >= 15 is 0 Å². The molecule has 6 atom stereocenters. The van der Waals surface area contributed by atoms with Gasteiger partial charge < -0.3 is 33.3 Å². The van der Waals surface area contributed by atoms with E-state index < -0.39 is 41.6 Å². The highest BCUT2D eigenvalue weighted by Crippen LogP contribution is 2.45. The minimum absolute atomic E-state index is 0.0602. The first-order chi connectivity index (χ1) is 15.9. The molecular weight excluding hydrogens is 438 g/mol. The molecule has 8 nitrogen and oxygen atoms in total. The van der Waals surface area contributed by atoms with E-state index in [2.05, 4.69) is 6.58 Å². The number of nitrogens with zero attached hydrogens (tertiary/aromatic N) is 1.